The van der Waals surface area contributed by atoms with Crippen molar-refractivity contribution in [3.63, 3.8) is 0 Å². The van der Waals surface area contributed by atoms with Gasteiger partial charge < -0.3 is 42.5 Å². The second kappa shape index (κ2) is 20.7. The maximum absolute atomic E-state index is 12.7. The molecule has 8 aromatic heterocycles. The van der Waals surface area contributed by atoms with Gasteiger partial charge in [0.1, 0.15) is 28.5 Å². The lowest BCUT2D eigenvalue weighted by Gasteiger charge is -2.20. The minimum absolute atomic E-state index is 0.201. The van der Waals surface area contributed by atoms with Crippen molar-refractivity contribution in [3.8, 4) is 22.8 Å². The first-order chi connectivity index (χ1) is 38.2. The van der Waals surface area contributed by atoms with Gasteiger partial charge in [-0.3, -0.25) is 18.4 Å². The number of nitrogens with zero attached hydrogens (tertiary/aromatic N) is 8. The van der Waals surface area contributed by atoms with Gasteiger partial charge in [0, 0.05) is 43.1 Å². The fraction of sp³-hybridized carbons (Fsp3) is 0.0690. The van der Waals surface area contributed by atoms with E-state index in [1.807, 2.05) is 65.6 Å². The first-order valence-electron chi connectivity index (χ1n) is 24.8. The molecule has 4 aromatic carbocycles. The van der Waals surface area contributed by atoms with E-state index in [1.165, 1.54) is 67.6 Å². The molecule has 384 valence electrons. The van der Waals surface area contributed by atoms with Crippen LogP contribution in [0.1, 0.15) is 41.6 Å². The Labute approximate surface area is 463 Å². The zero-order valence-electron chi connectivity index (χ0n) is 41.3. The Morgan fingerprint density at radius 1 is 0.500 bits per heavy atom. The summed E-state index contributed by atoms with van der Waals surface area (Å²) in [6.07, 6.45) is 5.88. The van der Waals surface area contributed by atoms with E-state index in [-0.39, 0.29) is 11.8 Å². The monoisotopic (exact) mass is 1100 g/mol. The van der Waals surface area contributed by atoms with Crippen LogP contribution in [0.15, 0.2) is 181 Å². The van der Waals surface area contributed by atoms with Crippen LogP contribution in [0.5, 0.6) is 0 Å². The Balaban J connectivity index is 0.000000148. The number of fused-ring (bicyclic) bond motifs is 4. The predicted octanol–water partition coefficient (Wildman–Crippen LogP) is 13.2. The van der Waals surface area contributed by atoms with Gasteiger partial charge in [-0.05, 0) is 95.1 Å². The highest BCUT2D eigenvalue weighted by Gasteiger charge is 2.24. The molecule has 0 fully saturated rings. The summed E-state index contributed by atoms with van der Waals surface area (Å²) >= 11 is 5.75. The molecule has 8 N–H and O–H groups in total. The highest BCUT2D eigenvalue weighted by Crippen LogP contribution is 2.37. The third kappa shape index (κ3) is 9.75. The lowest BCUT2D eigenvalue weighted by atomic mass is 10.1. The summed E-state index contributed by atoms with van der Waals surface area (Å²) in [6, 6.07) is 49.3. The summed E-state index contributed by atoms with van der Waals surface area (Å²) in [6.45, 7) is 3.52. The topological polar surface area (TPSA) is 201 Å². The Hall–Kier alpha value is -9.34. The number of aromatic nitrogens is 6. The normalized spacial score (nSPS) is 12.6. The van der Waals surface area contributed by atoms with Crippen LogP contribution < -0.4 is 42.5 Å². The van der Waals surface area contributed by atoms with E-state index >= 15 is 0 Å². The molecule has 0 spiro atoms. The third-order valence-electron chi connectivity index (χ3n) is 13.4. The molecule has 2 amide bonds. The molecule has 2 aliphatic heterocycles. The Bertz CT molecular complexity index is 4160. The van der Waals surface area contributed by atoms with Crippen LogP contribution in [-0.4, -0.2) is 40.6 Å². The summed E-state index contributed by atoms with van der Waals surface area (Å²) in [5, 5.41) is 19.6. The average molecular weight is 1100 g/mol. The molecule has 0 aliphatic carbocycles. The van der Waals surface area contributed by atoms with Crippen molar-refractivity contribution in [2.75, 3.05) is 42.5 Å². The highest BCUT2D eigenvalue weighted by atomic mass is 32.1. The molecule has 16 nitrogen and oxygen atoms in total. The Morgan fingerprint density at radius 2 is 1.00 bits per heavy atom. The van der Waals surface area contributed by atoms with Crippen LogP contribution in [0, 0.1) is 0 Å². The largest absolute Gasteiger partial charge is 0.397 e. The number of nitrogen functional groups attached to an aromatic ring is 2. The summed E-state index contributed by atoms with van der Waals surface area (Å²) in [5.74, 6) is 0.688. The summed E-state index contributed by atoms with van der Waals surface area (Å²) in [4.78, 5) is 50.2. The minimum atomic E-state index is -0.201. The van der Waals surface area contributed by atoms with Gasteiger partial charge in [-0.2, -0.15) is 0 Å². The number of para-hydroxylation sites is 4. The first kappa shape index (κ1) is 48.3. The molecule has 14 rings (SSSR count). The molecule has 0 unspecified atom stereocenters. The number of imidazole rings is 2. The molecule has 0 bridgehead atoms. The van der Waals surface area contributed by atoms with E-state index < -0.39 is 0 Å². The number of nitrogens with one attached hydrogen (secondary N) is 4. The molecular formula is C58H46N14O2S4. The SMILES string of the molecule is Nc1ccccc1NC(=O)c1ccc(Nc2nc(-c3cnc4ccc(N5Cc6ccccc6C5)cn34)cs2)s1.Nc1ccccc1NC(=O)c1ccc(Nc2nc(-c3cnc4cccc(N5Cc6ccccc6C5)n34)cs2)s1. The van der Waals surface area contributed by atoms with Crippen molar-refractivity contribution in [2.24, 2.45) is 0 Å². The van der Waals surface area contributed by atoms with Gasteiger partial charge >= 0.3 is 0 Å². The Kier molecular flexibility index (Phi) is 12.8. The molecule has 0 saturated carbocycles. The quantitative estimate of drug-likeness (QED) is 0.0633. The number of hydrogen-bond donors (Lipinski definition) is 6. The van der Waals surface area contributed by atoms with Crippen LogP contribution in [0.3, 0.4) is 0 Å². The summed E-state index contributed by atoms with van der Waals surface area (Å²) in [5.41, 5.74) is 26.1. The van der Waals surface area contributed by atoms with Gasteiger partial charge in [-0.1, -0.05) is 78.9 Å². The molecule has 10 heterocycles. The third-order valence-corrected chi connectivity index (χ3v) is 17.0. The summed E-state index contributed by atoms with van der Waals surface area (Å²) < 4.78 is 4.27. The maximum Gasteiger partial charge on any atom is 0.265 e. The Morgan fingerprint density at radius 3 is 1.56 bits per heavy atom. The number of thiophene rings is 2. The lowest BCUT2D eigenvalue weighted by Crippen LogP contribution is -2.18. The van der Waals surface area contributed by atoms with E-state index in [9.17, 15) is 9.59 Å². The van der Waals surface area contributed by atoms with Crippen molar-refractivity contribution >= 4 is 123 Å². The van der Waals surface area contributed by atoms with Crippen LogP contribution in [0.25, 0.3) is 34.1 Å². The number of nitrogens with two attached hydrogens (primary N) is 2. The highest BCUT2D eigenvalue weighted by molar-refractivity contribution is 7.19. The van der Waals surface area contributed by atoms with E-state index in [0.717, 1.165) is 92.0 Å². The number of thiazole rings is 2. The van der Waals surface area contributed by atoms with Crippen LogP contribution >= 0.6 is 45.3 Å². The van der Waals surface area contributed by atoms with Gasteiger partial charge in [-0.15, -0.1) is 45.3 Å². The molecule has 12 aromatic rings. The van der Waals surface area contributed by atoms with Crippen molar-refractivity contribution in [1.29, 1.82) is 0 Å². The lowest BCUT2D eigenvalue weighted by molar-refractivity contribution is 0.102. The number of carbonyl (C=O) groups is 2. The standard InChI is InChI=1S/2C29H23N7OS2/c30-20-8-3-4-9-21(20)32-28(37)24-12-13-26(39-24)34-29-33-22(17-38-29)23-14-31-25-10-5-11-27(36(23)25)35-15-18-6-1-2-7-19(18)16-35;30-21-7-3-4-8-22(21)32-28(37)25-10-12-27(39-25)34-29-33-23(17-38-29)24-13-31-26-11-9-20(16-36(24)26)35-14-18-5-1-2-6-19(18)15-35/h1-14,17H,15-16,30H2,(H,32,37)(H,33,34);1-13,16-17H,14-15,30H2,(H,32,37)(H,33,34). The van der Waals surface area contributed by atoms with Crippen molar-refractivity contribution in [1.82, 2.24) is 28.7 Å². The molecule has 0 radical (unpaired) electrons. The van der Waals surface area contributed by atoms with Gasteiger partial charge in [0.15, 0.2) is 10.3 Å². The van der Waals surface area contributed by atoms with E-state index in [0.29, 0.717) is 32.5 Å². The van der Waals surface area contributed by atoms with E-state index in [2.05, 4.69) is 129 Å². The number of carbonyl (C=O) groups excluding carboxylic acids is 2. The molecule has 20 heteroatoms. The minimum Gasteiger partial charge on any atom is -0.397 e. The molecular weight excluding hydrogens is 1050 g/mol. The number of anilines is 10. The second-order valence-electron chi connectivity index (χ2n) is 18.5. The van der Waals surface area contributed by atoms with Gasteiger partial charge in [0.2, 0.25) is 0 Å². The maximum atomic E-state index is 12.7. The number of hydrogen-bond acceptors (Lipinski definition) is 16. The molecule has 2 aliphatic rings. The number of pyridine rings is 2. The van der Waals surface area contributed by atoms with Gasteiger partial charge in [-0.25, -0.2) is 19.9 Å². The summed E-state index contributed by atoms with van der Waals surface area (Å²) in [7, 11) is 0. The fourth-order valence-electron chi connectivity index (χ4n) is 9.56. The first-order valence-corrected chi connectivity index (χ1v) is 28.2. The van der Waals surface area contributed by atoms with Crippen LogP contribution in [-0.2, 0) is 26.2 Å². The van der Waals surface area contributed by atoms with Gasteiger partial charge in [0.25, 0.3) is 11.8 Å². The van der Waals surface area contributed by atoms with Crippen molar-refractivity contribution < 1.29 is 9.59 Å². The fourth-order valence-corrected chi connectivity index (χ4v) is 12.7. The second-order valence-corrected chi connectivity index (χ2v) is 22.3. The van der Waals surface area contributed by atoms with Crippen molar-refractivity contribution in [2.45, 2.75) is 26.2 Å². The molecule has 78 heavy (non-hydrogen) atoms. The zero-order chi connectivity index (χ0) is 52.7. The van der Waals surface area contributed by atoms with Crippen molar-refractivity contribution in [3.05, 3.63) is 213 Å². The van der Waals surface area contributed by atoms with E-state index in [1.54, 1.807) is 36.4 Å². The number of benzene rings is 4. The predicted molar refractivity (Wildman–Crippen MR) is 318 cm³/mol. The zero-order valence-corrected chi connectivity index (χ0v) is 44.6. The van der Waals surface area contributed by atoms with E-state index in [4.69, 9.17) is 21.4 Å². The molecule has 0 saturated heterocycles. The van der Waals surface area contributed by atoms with Crippen LogP contribution in [0.4, 0.5) is 54.5 Å². The number of rotatable bonds is 12. The number of amides is 2. The average Bonchev–Trinajstić information content (AvgIpc) is 4.43. The smallest absolute Gasteiger partial charge is 0.265 e. The van der Waals surface area contributed by atoms with Crippen LogP contribution in [0.2, 0.25) is 0 Å². The molecule has 0 atom stereocenters. The van der Waals surface area contributed by atoms with Gasteiger partial charge in [0.05, 0.1) is 72.0 Å².